The summed E-state index contributed by atoms with van der Waals surface area (Å²) in [5.41, 5.74) is -0.0361. The Hall–Kier alpha value is -5.08. The van der Waals surface area contributed by atoms with Crippen LogP contribution in [0.15, 0.2) is 94.7 Å². The van der Waals surface area contributed by atoms with Crippen molar-refractivity contribution in [3.05, 3.63) is 111 Å². The number of ether oxygens (including phenoxy) is 2. The highest BCUT2D eigenvalue weighted by atomic mass is 32.2. The Bertz CT molecular complexity index is 2160. The van der Waals surface area contributed by atoms with Crippen LogP contribution in [-0.4, -0.2) is 41.7 Å². The van der Waals surface area contributed by atoms with E-state index in [0.29, 0.717) is 21.2 Å². The number of rotatable bonds is 7. The molecule has 1 aromatic heterocycles. The molecule has 3 unspecified atom stereocenters. The van der Waals surface area contributed by atoms with Crippen LogP contribution in [0, 0.1) is 5.92 Å². The molecule has 244 valence electrons. The molecule has 0 saturated carbocycles. The Balaban J connectivity index is 1.17. The second-order valence-electron chi connectivity index (χ2n) is 11.1. The fourth-order valence-corrected chi connectivity index (χ4v) is 8.63. The van der Waals surface area contributed by atoms with Gasteiger partial charge in [0, 0.05) is 21.9 Å². The van der Waals surface area contributed by atoms with E-state index in [1.165, 1.54) is 13.2 Å². The van der Waals surface area contributed by atoms with Gasteiger partial charge in [0.05, 0.1) is 29.3 Å². The van der Waals surface area contributed by atoms with E-state index >= 15 is 0 Å². The van der Waals surface area contributed by atoms with E-state index in [-0.39, 0.29) is 28.7 Å². The minimum absolute atomic E-state index is 0.187. The number of aromatic nitrogens is 1. The SMILES string of the molecule is COc1cc(C2c3sc(=O)[nH]c3SC3C(=O)N(c4cccc(C(F)(F)F)c4)C(=O)C32)ccc1OCC(=O)Nc1cccc2ccccc12. The number of hydrogen-bond donors (Lipinski definition) is 2. The highest BCUT2D eigenvalue weighted by Gasteiger charge is 2.56. The van der Waals surface area contributed by atoms with Crippen LogP contribution in [0.25, 0.3) is 10.8 Å². The number of nitrogens with one attached hydrogen (secondary N) is 2. The van der Waals surface area contributed by atoms with Gasteiger partial charge in [-0.25, -0.2) is 4.90 Å². The Morgan fingerprint density at radius 1 is 0.938 bits per heavy atom. The predicted molar refractivity (Wildman–Crippen MR) is 175 cm³/mol. The lowest BCUT2D eigenvalue weighted by molar-refractivity contribution is -0.137. The zero-order valence-corrected chi connectivity index (χ0v) is 26.5. The number of amides is 3. The summed E-state index contributed by atoms with van der Waals surface area (Å²) in [4.78, 5) is 56.6. The van der Waals surface area contributed by atoms with Crippen LogP contribution in [0.3, 0.4) is 0 Å². The molecule has 1 saturated heterocycles. The number of methoxy groups -OCH3 is 1. The van der Waals surface area contributed by atoms with Gasteiger partial charge in [-0.15, -0.1) is 0 Å². The van der Waals surface area contributed by atoms with Crippen LogP contribution >= 0.6 is 23.1 Å². The summed E-state index contributed by atoms with van der Waals surface area (Å²) in [6.45, 7) is -0.341. The molecule has 7 rings (SSSR count). The molecule has 48 heavy (non-hydrogen) atoms. The first-order chi connectivity index (χ1) is 23.0. The van der Waals surface area contributed by atoms with E-state index in [0.717, 1.165) is 57.0 Å². The number of aromatic amines is 1. The van der Waals surface area contributed by atoms with Crippen molar-refractivity contribution in [1.29, 1.82) is 0 Å². The summed E-state index contributed by atoms with van der Waals surface area (Å²) >= 11 is 1.91. The van der Waals surface area contributed by atoms with E-state index in [1.807, 2.05) is 36.4 Å². The maximum absolute atomic E-state index is 14.0. The van der Waals surface area contributed by atoms with Gasteiger partial charge in [-0.2, -0.15) is 13.2 Å². The molecule has 0 bridgehead atoms. The van der Waals surface area contributed by atoms with E-state index in [2.05, 4.69) is 10.3 Å². The van der Waals surface area contributed by atoms with Crippen molar-refractivity contribution in [2.45, 2.75) is 22.4 Å². The zero-order chi connectivity index (χ0) is 33.7. The van der Waals surface area contributed by atoms with Gasteiger partial charge in [0.15, 0.2) is 18.1 Å². The number of carbonyl (C=O) groups excluding carboxylic acids is 3. The number of halogens is 3. The van der Waals surface area contributed by atoms with Crippen molar-refractivity contribution in [1.82, 2.24) is 4.98 Å². The van der Waals surface area contributed by atoms with Crippen LogP contribution in [0.1, 0.15) is 21.9 Å². The van der Waals surface area contributed by atoms with Crippen molar-refractivity contribution in [2.24, 2.45) is 5.92 Å². The molecular formula is C34H24F3N3O6S2. The summed E-state index contributed by atoms with van der Waals surface area (Å²) in [6, 6.07) is 22.1. The average Bonchev–Trinajstić information content (AvgIpc) is 3.57. The molecule has 3 heterocycles. The maximum atomic E-state index is 14.0. The molecule has 0 spiro atoms. The van der Waals surface area contributed by atoms with Crippen LogP contribution in [0.5, 0.6) is 11.5 Å². The summed E-state index contributed by atoms with van der Waals surface area (Å²) < 4.78 is 51.9. The molecular weight excluding hydrogens is 668 g/mol. The Morgan fingerprint density at radius 3 is 2.50 bits per heavy atom. The number of imide groups is 1. The fraction of sp³-hybridized carbons (Fsp3) is 0.176. The van der Waals surface area contributed by atoms with Gasteiger partial charge in [-0.3, -0.25) is 19.2 Å². The first-order valence-electron chi connectivity index (χ1n) is 14.6. The molecule has 2 N–H and O–H groups in total. The van der Waals surface area contributed by atoms with Crippen molar-refractivity contribution >= 4 is 63.0 Å². The molecule has 0 aliphatic carbocycles. The number of benzene rings is 4. The second-order valence-corrected chi connectivity index (χ2v) is 13.3. The van der Waals surface area contributed by atoms with E-state index < -0.39 is 46.5 Å². The number of fused-ring (bicyclic) bond motifs is 3. The maximum Gasteiger partial charge on any atom is 0.416 e. The summed E-state index contributed by atoms with van der Waals surface area (Å²) in [5, 5.41) is 4.10. The summed E-state index contributed by atoms with van der Waals surface area (Å²) in [7, 11) is 1.40. The summed E-state index contributed by atoms with van der Waals surface area (Å²) in [5.74, 6) is -3.14. The third kappa shape index (κ3) is 5.60. The molecule has 5 aromatic rings. The predicted octanol–water partition coefficient (Wildman–Crippen LogP) is 6.43. The van der Waals surface area contributed by atoms with Crippen molar-refractivity contribution in [2.75, 3.05) is 23.9 Å². The molecule has 1 fully saturated rings. The second kappa shape index (κ2) is 12.2. The molecule has 4 aromatic carbocycles. The number of nitrogens with zero attached hydrogens (tertiary/aromatic N) is 1. The van der Waals surface area contributed by atoms with Crippen molar-refractivity contribution < 1.29 is 37.0 Å². The van der Waals surface area contributed by atoms with Gasteiger partial charge < -0.3 is 19.8 Å². The largest absolute Gasteiger partial charge is 0.493 e. The molecule has 9 nitrogen and oxygen atoms in total. The zero-order valence-electron chi connectivity index (χ0n) is 24.9. The van der Waals surface area contributed by atoms with Crippen molar-refractivity contribution in [3.8, 4) is 11.5 Å². The Kier molecular flexibility index (Phi) is 8.00. The highest BCUT2D eigenvalue weighted by Crippen LogP contribution is 2.54. The van der Waals surface area contributed by atoms with Gasteiger partial charge >= 0.3 is 11.0 Å². The number of H-pyrrole nitrogens is 1. The van der Waals surface area contributed by atoms with Crippen molar-refractivity contribution in [3.63, 3.8) is 0 Å². The van der Waals surface area contributed by atoms with E-state index in [1.54, 1.807) is 24.3 Å². The summed E-state index contributed by atoms with van der Waals surface area (Å²) in [6.07, 6.45) is -4.67. The van der Waals surface area contributed by atoms with E-state index in [9.17, 15) is 32.3 Å². The average molecular weight is 692 g/mol. The molecule has 3 atom stereocenters. The normalized spacial score (nSPS) is 18.8. The number of anilines is 2. The standard InChI is InChI=1S/C34H24F3N3O6S2/c1-45-24-14-18(12-13-23(24)46-16-25(41)38-22-11-4-7-17-6-2-3-10-21(17)22)26-27-29(47-30-28(26)48-33(44)39-30)32(43)40(31(27)42)20-9-5-8-19(15-20)34(35,36)37/h2-15,26-27,29H,16H2,1H3,(H,38,41)(H,39,44). The minimum Gasteiger partial charge on any atom is -0.493 e. The number of thiazole rings is 1. The van der Waals surface area contributed by atoms with Crippen LogP contribution in [0.4, 0.5) is 24.5 Å². The minimum atomic E-state index is -4.67. The van der Waals surface area contributed by atoms with Gasteiger partial charge in [-0.05, 0) is 47.3 Å². The number of thioether (sulfide) groups is 1. The van der Waals surface area contributed by atoms with Gasteiger partial charge in [-0.1, -0.05) is 71.6 Å². The molecule has 2 aliphatic rings. The van der Waals surface area contributed by atoms with Gasteiger partial charge in [0.1, 0.15) is 5.25 Å². The van der Waals surface area contributed by atoms with Crippen LogP contribution in [-0.2, 0) is 20.6 Å². The quantitative estimate of drug-likeness (QED) is 0.189. The fourth-order valence-electron chi connectivity index (χ4n) is 6.11. The van der Waals surface area contributed by atoms with E-state index in [4.69, 9.17) is 9.47 Å². The van der Waals surface area contributed by atoms with Gasteiger partial charge in [0.25, 0.3) is 5.91 Å². The monoisotopic (exact) mass is 691 g/mol. The lowest BCUT2D eigenvalue weighted by Crippen LogP contribution is -2.32. The molecule has 14 heteroatoms. The molecule has 0 radical (unpaired) electrons. The topological polar surface area (TPSA) is 118 Å². The number of hydrogen-bond acceptors (Lipinski definition) is 8. The number of alkyl halides is 3. The molecule has 2 aliphatic heterocycles. The Labute approximate surface area is 278 Å². The van der Waals surface area contributed by atoms with Crippen LogP contribution < -0.4 is 24.6 Å². The smallest absolute Gasteiger partial charge is 0.416 e. The highest BCUT2D eigenvalue weighted by molar-refractivity contribution is 8.00. The third-order valence-electron chi connectivity index (χ3n) is 8.22. The number of carbonyl (C=O) groups is 3. The van der Waals surface area contributed by atoms with Gasteiger partial charge in [0.2, 0.25) is 11.8 Å². The lowest BCUT2D eigenvalue weighted by Gasteiger charge is -2.30. The Morgan fingerprint density at radius 2 is 1.71 bits per heavy atom. The third-order valence-corrected chi connectivity index (χ3v) is 10.6. The lowest BCUT2D eigenvalue weighted by atomic mass is 9.83. The first-order valence-corrected chi connectivity index (χ1v) is 16.3. The first kappa shape index (κ1) is 31.5. The molecule has 3 amide bonds. The van der Waals surface area contributed by atoms with Crippen LogP contribution in [0.2, 0.25) is 0 Å².